The molecule has 10 atom stereocenters. The average Bonchev–Trinajstić information content (AvgIpc) is 3.07. The molecule has 0 spiro atoms. The topological polar surface area (TPSA) is 212 Å². The number of phenolic OH excluding ortho intramolecular Hbond substituents is 1. The Morgan fingerprint density at radius 3 is 2.23 bits per heavy atom. The van der Waals surface area contributed by atoms with Crippen LogP contribution in [0.4, 0.5) is 0 Å². The Bertz CT molecular complexity index is 1350. The number of methoxy groups -OCH3 is 3. The molecule has 2 aliphatic rings. The van der Waals surface area contributed by atoms with Crippen LogP contribution < -0.4 is 14.2 Å². The first-order chi connectivity index (χ1) is 22.5. The maximum absolute atomic E-state index is 12.5. The Labute approximate surface area is 271 Å². The number of aromatic hydroxyl groups is 1. The van der Waals surface area contributed by atoms with E-state index in [1.54, 1.807) is 18.2 Å². The number of hydrogen-bond acceptors (Lipinski definition) is 15. The van der Waals surface area contributed by atoms with Crippen molar-refractivity contribution in [2.75, 3.05) is 34.5 Å². The van der Waals surface area contributed by atoms with E-state index in [1.807, 2.05) is 6.07 Å². The summed E-state index contributed by atoms with van der Waals surface area (Å²) in [5.41, 5.74) is 1.36. The summed E-state index contributed by atoms with van der Waals surface area (Å²) in [7, 11) is 4.42. The van der Waals surface area contributed by atoms with Crippen molar-refractivity contribution in [2.24, 2.45) is 0 Å². The van der Waals surface area contributed by atoms with Gasteiger partial charge in [-0.25, -0.2) is 4.79 Å². The Morgan fingerprint density at radius 1 is 0.809 bits per heavy atom. The van der Waals surface area contributed by atoms with E-state index >= 15 is 0 Å². The molecule has 47 heavy (non-hydrogen) atoms. The SMILES string of the molecule is COc1cc(/C=C/C(=O)OC[C@H]2O[C@@H](OCCc3ccc(OC)c(OC)c3)[C@H](O)[C@@H](O[C@@H]3O[C@@H](C)[C@H](O)[C@@H](O)[C@H]3O)[C@@H]2O)ccc1O. The van der Waals surface area contributed by atoms with Gasteiger partial charge in [-0.1, -0.05) is 12.1 Å². The first-order valence-electron chi connectivity index (χ1n) is 14.9. The number of esters is 1. The van der Waals surface area contributed by atoms with Gasteiger partial charge in [-0.2, -0.15) is 0 Å². The zero-order valence-electron chi connectivity index (χ0n) is 26.4. The van der Waals surface area contributed by atoms with Gasteiger partial charge in [-0.3, -0.25) is 0 Å². The highest BCUT2D eigenvalue weighted by Gasteiger charge is 2.50. The number of ether oxygens (including phenoxy) is 8. The van der Waals surface area contributed by atoms with Crippen molar-refractivity contribution in [3.63, 3.8) is 0 Å². The van der Waals surface area contributed by atoms with E-state index in [1.165, 1.54) is 46.5 Å². The fraction of sp³-hybridized carbons (Fsp3) is 0.531. The normalized spacial score (nSPS) is 31.0. The van der Waals surface area contributed by atoms with Crippen molar-refractivity contribution in [3.8, 4) is 23.0 Å². The number of hydrogen-bond donors (Lipinski definition) is 6. The first-order valence-corrected chi connectivity index (χ1v) is 14.9. The molecule has 2 saturated heterocycles. The van der Waals surface area contributed by atoms with Crippen molar-refractivity contribution in [2.45, 2.75) is 74.8 Å². The van der Waals surface area contributed by atoms with Crippen LogP contribution in [0.2, 0.25) is 0 Å². The van der Waals surface area contributed by atoms with Crippen molar-refractivity contribution < 1.29 is 73.3 Å². The van der Waals surface area contributed by atoms with Gasteiger partial charge < -0.3 is 68.5 Å². The largest absolute Gasteiger partial charge is 0.504 e. The summed E-state index contributed by atoms with van der Waals surface area (Å²) in [4.78, 5) is 12.5. The molecule has 2 fully saturated rings. The third kappa shape index (κ3) is 8.90. The predicted octanol–water partition coefficient (Wildman–Crippen LogP) is -0.107. The van der Waals surface area contributed by atoms with Crippen LogP contribution in [0.25, 0.3) is 6.08 Å². The highest BCUT2D eigenvalue weighted by Crippen LogP contribution is 2.31. The first kappa shape index (κ1) is 36.3. The number of aliphatic hydroxyl groups is 5. The summed E-state index contributed by atoms with van der Waals surface area (Å²) >= 11 is 0. The molecule has 260 valence electrons. The van der Waals surface area contributed by atoms with Gasteiger partial charge in [0.15, 0.2) is 35.6 Å². The second kappa shape index (κ2) is 16.5. The highest BCUT2D eigenvalue weighted by atomic mass is 16.7. The number of aliphatic hydroxyl groups excluding tert-OH is 5. The fourth-order valence-corrected chi connectivity index (χ4v) is 5.12. The molecule has 0 saturated carbocycles. The Hall–Kier alpha value is -3.51. The van der Waals surface area contributed by atoms with Gasteiger partial charge in [0.05, 0.1) is 34.0 Å². The van der Waals surface area contributed by atoms with Crippen molar-refractivity contribution in [1.82, 2.24) is 0 Å². The lowest BCUT2D eigenvalue weighted by atomic mass is 9.97. The number of phenols is 1. The Balaban J connectivity index is 1.45. The molecule has 0 aliphatic carbocycles. The molecule has 2 heterocycles. The minimum absolute atomic E-state index is 0.0376. The third-order valence-electron chi connectivity index (χ3n) is 7.87. The number of benzene rings is 2. The molecule has 2 aliphatic heterocycles. The summed E-state index contributed by atoms with van der Waals surface area (Å²) in [6.07, 6.45) is -11.7. The van der Waals surface area contributed by atoms with Crippen molar-refractivity contribution >= 4 is 12.0 Å². The van der Waals surface area contributed by atoms with Crippen LogP contribution in [0.15, 0.2) is 42.5 Å². The van der Waals surface area contributed by atoms with E-state index in [0.717, 1.165) is 11.6 Å². The van der Waals surface area contributed by atoms with E-state index in [9.17, 15) is 35.4 Å². The van der Waals surface area contributed by atoms with Crippen molar-refractivity contribution in [3.05, 3.63) is 53.6 Å². The number of rotatable bonds is 13. The molecule has 4 rings (SSSR count). The third-order valence-corrected chi connectivity index (χ3v) is 7.87. The molecule has 2 aromatic carbocycles. The zero-order valence-corrected chi connectivity index (χ0v) is 26.4. The maximum atomic E-state index is 12.5. The van der Waals surface area contributed by atoms with Crippen LogP contribution in [-0.2, 0) is 34.9 Å². The van der Waals surface area contributed by atoms with Gasteiger partial charge in [0.2, 0.25) is 0 Å². The molecular formula is C32H42O15. The van der Waals surface area contributed by atoms with E-state index < -0.39 is 74.0 Å². The van der Waals surface area contributed by atoms with Gasteiger partial charge >= 0.3 is 5.97 Å². The molecule has 6 N–H and O–H groups in total. The lowest BCUT2D eigenvalue weighted by Crippen LogP contribution is -2.64. The second-order valence-electron chi connectivity index (χ2n) is 11.0. The average molecular weight is 667 g/mol. The van der Waals surface area contributed by atoms with Gasteiger partial charge in [-0.15, -0.1) is 0 Å². The minimum atomic E-state index is -1.71. The lowest BCUT2D eigenvalue weighted by Gasteiger charge is -2.45. The maximum Gasteiger partial charge on any atom is 0.330 e. The van der Waals surface area contributed by atoms with Gasteiger partial charge in [0.1, 0.15) is 49.3 Å². The minimum Gasteiger partial charge on any atom is -0.504 e. The quantitative estimate of drug-likeness (QED) is 0.122. The van der Waals surface area contributed by atoms with Crippen LogP contribution in [0.1, 0.15) is 18.1 Å². The lowest BCUT2D eigenvalue weighted by molar-refractivity contribution is -0.357. The monoisotopic (exact) mass is 666 g/mol. The summed E-state index contributed by atoms with van der Waals surface area (Å²) in [5, 5.41) is 62.8. The number of carbonyl (C=O) groups excluding carboxylic acids is 1. The van der Waals surface area contributed by atoms with Crippen LogP contribution in [-0.4, -0.2) is 133 Å². The molecule has 0 bridgehead atoms. The molecule has 15 nitrogen and oxygen atoms in total. The summed E-state index contributed by atoms with van der Waals surface area (Å²) in [6.45, 7) is 1.00. The summed E-state index contributed by atoms with van der Waals surface area (Å²) < 4.78 is 43.9. The highest BCUT2D eigenvalue weighted by molar-refractivity contribution is 5.87. The van der Waals surface area contributed by atoms with E-state index in [2.05, 4.69) is 0 Å². The molecular weight excluding hydrogens is 624 g/mol. The summed E-state index contributed by atoms with van der Waals surface area (Å²) in [6, 6.07) is 9.79. The molecule has 0 aromatic heterocycles. The van der Waals surface area contributed by atoms with E-state index in [4.69, 9.17) is 37.9 Å². The fourth-order valence-electron chi connectivity index (χ4n) is 5.12. The van der Waals surface area contributed by atoms with Gasteiger partial charge in [0.25, 0.3) is 0 Å². The van der Waals surface area contributed by atoms with Crippen molar-refractivity contribution in [1.29, 1.82) is 0 Å². The predicted molar refractivity (Wildman–Crippen MR) is 162 cm³/mol. The second-order valence-corrected chi connectivity index (χ2v) is 11.0. The van der Waals surface area contributed by atoms with Gasteiger partial charge in [-0.05, 0) is 54.8 Å². The van der Waals surface area contributed by atoms with E-state index in [-0.39, 0.29) is 18.1 Å². The van der Waals surface area contributed by atoms with Gasteiger partial charge in [0, 0.05) is 6.08 Å². The smallest absolute Gasteiger partial charge is 0.330 e. The van der Waals surface area contributed by atoms with Crippen LogP contribution in [0, 0.1) is 0 Å². The summed E-state index contributed by atoms with van der Waals surface area (Å²) in [5.74, 6) is 0.417. The number of carbonyl (C=O) groups is 1. The molecule has 2 aromatic rings. The standard InChI is InChI=1S/C32H42O15/c1-16-25(35)27(37)28(38)32(45-16)47-30-26(36)23(15-44-24(34)10-7-17-5-8-19(33)21(13-17)41-3)46-31(29(30)39)43-12-11-18-6-9-20(40-2)22(14-18)42-4/h5-10,13-14,16,23,25-33,35-39H,11-12,15H2,1-4H3/b10-7+/t16-,23+,25-,26+,27+,28+,29+,30-,31+,32-/m0/s1. The Kier molecular flexibility index (Phi) is 12.8. The molecule has 15 heteroatoms. The molecule has 0 radical (unpaired) electrons. The zero-order chi connectivity index (χ0) is 34.2. The van der Waals surface area contributed by atoms with E-state index in [0.29, 0.717) is 23.5 Å². The Morgan fingerprint density at radius 2 is 1.53 bits per heavy atom. The molecule has 0 amide bonds. The molecule has 0 unspecified atom stereocenters. The van der Waals surface area contributed by atoms with Crippen LogP contribution in [0.5, 0.6) is 23.0 Å². The van der Waals surface area contributed by atoms with Crippen LogP contribution >= 0.6 is 0 Å². The van der Waals surface area contributed by atoms with Crippen LogP contribution in [0.3, 0.4) is 0 Å².